The van der Waals surface area contributed by atoms with Crippen molar-refractivity contribution in [3.05, 3.63) is 54.0 Å². The molecule has 0 radical (unpaired) electrons. The van der Waals surface area contributed by atoms with Crippen molar-refractivity contribution in [3.8, 4) is 0 Å². The monoisotopic (exact) mass is 384 g/mol. The zero-order valence-corrected chi connectivity index (χ0v) is 16.6. The molecule has 2 heterocycles. The van der Waals surface area contributed by atoms with Crippen molar-refractivity contribution in [2.24, 2.45) is 5.92 Å². The minimum atomic E-state index is -0.0857. The Morgan fingerprint density at radius 3 is 2.70 bits per heavy atom. The summed E-state index contributed by atoms with van der Waals surface area (Å²) in [4.78, 5) is 12.4. The number of aryl methyl sites for hydroxylation is 1. The second-order valence-electron chi connectivity index (χ2n) is 6.73. The van der Waals surface area contributed by atoms with Crippen LogP contribution in [0.15, 0.2) is 47.8 Å². The molecule has 3 aromatic rings. The first kappa shape index (κ1) is 19.2. The molecule has 0 saturated heterocycles. The van der Waals surface area contributed by atoms with Crippen LogP contribution < -0.4 is 5.32 Å². The van der Waals surface area contributed by atoms with Gasteiger partial charge in [0.15, 0.2) is 5.16 Å². The molecule has 0 aliphatic rings. The molecule has 7 nitrogen and oxygen atoms in total. The zero-order valence-electron chi connectivity index (χ0n) is 15.8. The highest BCUT2D eigenvalue weighted by molar-refractivity contribution is 7.99. The van der Waals surface area contributed by atoms with Crippen LogP contribution in [0.25, 0.3) is 0 Å². The molecular formula is C19H24N6OS. The van der Waals surface area contributed by atoms with Gasteiger partial charge in [-0.3, -0.25) is 4.79 Å². The molecule has 0 bridgehead atoms. The Bertz CT molecular complexity index is 887. The van der Waals surface area contributed by atoms with Gasteiger partial charge >= 0.3 is 0 Å². The predicted octanol–water partition coefficient (Wildman–Crippen LogP) is 3.22. The third kappa shape index (κ3) is 5.19. The molecule has 1 amide bonds. The van der Waals surface area contributed by atoms with Gasteiger partial charge in [-0.25, -0.2) is 4.68 Å². The molecule has 0 fully saturated rings. The van der Waals surface area contributed by atoms with Gasteiger partial charge in [-0.1, -0.05) is 55.9 Å². The Morgan fingerprint density at radius 1 is 1.19 bits per heavy atom. The van der Waals surface area contributed by atoms with E-state index < -0.39 is 0 Å². The molecule has 0 aliphatic heterocycles. The Morgan fingerprint density at radius 2 is 1.96 bits per heavy atom. The number of thioether (sulfide) groups is 1. The largest absolute Gasteiger partial charge is 0.310 e. The maximum Gasteiger partial charge on any atom is 0.235 e. The summed E-state index contributed by atoms with van der Waals surface area (Å²) < 4.78 is 3.84. The molecule has 142 valence electrons. The third-order valence-corrected chi connectivity index (χ3v) is 4.91. The number of carbonyl (C=O) groups excluding carboxylic acids is 1. The number of rotatable bonds is 8. The molecule has 2 aromatic heterocycles. The topological polar surface area (TPSA) is 77.6 Å². The molecule has 0 spiro atoms. The summed E-state index contributed by atoms with van der Waals surface area (Å²) in [6.07, 6.45) is 1.70. The SMILES string of the molecule is Cc1nnc(SCC(=O)Nc2ccnn2CC(C)C)n1Cc1ccccc1. The summed E-state index contributed by atoms with van der Waals surface area (Å²) in [5, 5.41) is 16.3. The fourth-order valence-electron chi connectivity index (χ4n) is 2.66. The van der Waals surface area contributed by atoms with E-state index in [1.165, 1.54) is 17.3 Å². The van der Waals surface area contributed by atoms with Gasteiger partial charge in [0.1, 0.15) is 11.6 Å². The van der Waals surface area contributed by atoms with Crippen molar-refractivity contribution in [1.29, 1.82) is 0 Å². The number of hydrogen-bond donors (Lipinski definition) is 1. The van der Waals surface area contributed by atoms with E-state index in [0.29, 0.717) is 12.5 Å². The van der Waals surface area contributed by atoms with Crippen molar-refractivity contribution < 1.29 is 4.79 Å². The van der Waals surface area contributed by atoms with E-state index in [-0.39, 0.29) is 11.7 Å². The van der Waals surface area contributed by atoms with Crippen LogP contribution in [-0.4, -0.2) is 36.2 Å². The number of hydrogen-bond acceptors (Lipinski definition) is 5. The number of carbonyl (C=O) groups is 1. The quantitative estimate of drug-likeness (QED) is 0.604. The Balaban J connectivity index is 1.60. The van der Waals surface area contributed by atoms with Gasteiger partial charge in [0.25, 0.3) is 0 Å². The van der Waals surface area contributed by atoms with Gasteiger partial charge in [-0.2, -0.15) is 5.10 Å². The van der Waals surface area contributed by atoms with Crippen molar-refractivity contribution >= 4 is 23.5 Å². The number of anilines is 1. The van der Waals surface area contributed by atoms with Gasteiger partial charge in [-0.15, -0.1) is 10.2 Å². The van der Waals surface area contributed by atoms with Gasteiger partial charge in [0.05, 0.1) is 18.5 Å². The average Bonchev–Trinajstić information content (AvgIpc) is 3.21. The second kappa shape index (κ2) is 8.85. The molecule has 1 N–H and O–H groups in total. The number of nitrogens with zero attached hydrogens (tertiary/aromatic N) is 5. The number of nitrogens with one attached hydrogen (secondary N) is 1. The molecule has 0 aliphatic carbocycles. The highest BCUT2D eigenvalue weighted by Gasteiger charge is 2.14. The number of aromatic nitrogens is 5. The van der Waals surface area contributed by atoms with Crippen LogP contribution in [0.2, 0.25) is 0 Å². The molecule has 0 saturated carbocycles. The first-order valence-electron chi connectivity index (χ1n) is 8.91. The lowest BCUT2D eigenvalue weighted by atomic mass is 10.2. The molecule has 8 heteroatoms. The van der Waals surface area contributed by atoms with E-state index in [9.17, 15) is 4.79 Å². The van der Waals surface area contributed by atoms with Gasteiger partial charge < -0.3 is 9.88 Å². The normalized spacial score (nSPS) is 11.1. The van der Waals surface area contributed by atoms with E-state index in [1.54, 1.807) is 6.20 Å². The summed E-state index contributed by atoms with van der Waals surface area (Å²) >= 11 is 1.38. The highest BCUT2D eigenvalue weighted by Crippen LogP contribution is 2.19. The molecule has 1 aromatic carbocycles. The summed E-state index contributed by atoms with van der Waals surface area (Å²) in [5.74, 6) is 2.18. The van der Waals surface area contributed by atoms with E-state index in [1.807, 2.05) is 40.4 Å². The average molecular weight is 385 g/mol. The van der Waals surface area contributed by atoms with Crippen LogP contribution >= 0.6 is 11.8 Å². The maximum absolute atomic E-state index is 12.4. The standard InChI is InChI=1S/C19H24N6OS/c1-14(2)11-25-17(9-10-20-25)21-18(26)13-27-19-23-22-15(3)24(19)12-16-7-5-4-6-8-16/h4-10,14H,11-13H2,1-3H3,(H,21,26). The molecular weight excluding hydrogens is 360 g/mol. The van der Waals surface area contributed by atoms with Crippen molar-refractivity contribution in [1.82, 2.24) is 24.5 Å². The van der Waals surface area contributed by atoms with E-state index >= 15 is 0 Å². The Labute approximate surface area is 163 Å². The Kier molecular flexibility index (Phi) is 6.28. The number of benzene rings is 1. The van der Waals surface area contributed by atoms with Crippen LogP contribution in [0.5, 0.6) is 0 Å². The lowest BCUT2D eigenvalue weighted by Gasteiger charge is -2.11. The van der Waals surface area contributed by atoms with Crippen LogP contribution in [0, 0.1) is 12.8 Å². The zero-order chi connectivity index (χ0) is 19.2. The minimum Gasteiger partial charge on any atom is -0.310 e. The fraction of sp³-hybridized carbons (Fsp3) is 0.368. The second-order valence-corrected chi connectivity index (χ2v) is 7.67. The van der Waals surface area contributed by atoms with Gasteiger partial charge in [-0.05, 0) is 18.4 Å². The minimum absolute atomic E-state index is 0.0857. The highest BCUT2D eigenvalue weighted by atomic mass is 32.2. The fourth-order valence-corrected chi connectivity index (χ4v) is 3.44. The summed E-state index contributed by atoms with van der Waals surface area (Å²) in [6, 6.07) is 12.0. The first-order chi connectivity index (χ1) is 13.0. The third-order valence-electron chi connectivity index (χ3n) is 3.94. The van der Waals surface area contributed by atoms with E-state index in [4.69, 9.17) is 0 Å². The van der Waals surface area contributed by atoms with Gasteiger partial charge in [0, 0.05) is 12.6 Å². The molecule has 3 rings (SSSR count). The first-order valence-corrected chi connectivity index (χ1v) is 9.89. The van der Waals surface area contributed by atoms with E-state index in [2.05, 4.69) is 46.6 Å². The predicted molar refractivity (Wildman–Crippen MR) is 107 cm³/mol. The Hall–Kier alpha value is -2.61. The van der Waals surface area contributed by atoms with E-state index in [0.717, 1.165) is 23.3 Å². The van der Waals surface area contributed by atoms with Crippen molar-refractivity contribution in [2.75, 3.05) is 11.1 Å². The molecule has 0 atom stereocenters. The van der Waals surface area contributed by atoms with Crippen molar-refractivity contribution in [2.45, 2.75) is 39.0 Å². The van der Waals surface area contributed by atoms with Gasteiger partial charge in [0.2, 0.25) is 5.91 Å². The van der Waals surface area contributed by atoms with Crippen LogP contribution in [-0.2, 0) is 17.9 Å². The summed E-state index contributed by atoms with van der Waals surface area (Å²) in [6.45, 7) is 7.60. The van der Waals surface area contributed by atoms with Crippen molar-refractivity contribution in [3.63, 3.8) is 0 Å². The number of amides is 1. The van der Waals surface area contributed by atoms with Crippen LogP contribution in [0.3, 0.4) is 0 Å². The van der Waals surface area contributed by atoms with Crippen LogP contribution in [0.4, 0.5) is 5.82 Å². The maximum atomic E-state index is 12.4. The molecule has 27 heavy (non-hydrogen) atoms. The lowest BCUT2D eigenvalue weighted by molar-refractivity contribution is -0.113. The summed E-state index contributed by atoms with van der Waals surface area (Å²) in [7, 11) is 0. The summed E-state index contributed by atoms with van der Waals surface area (Å²) in [5.41, 5.74) is 1.17. The smallest absolute Gasteiger partial charge is 0.235 e. The molecule has 0 unspecified atom stereocenters. The van der Waals surface area contributed by atoms with Crippen LogP contribution in [0.1, 0.15) is 25.2 Å². The lowest BCUT2D eigenvalue weighted by Crippen LogP contribution is -2.19.